The third-order valence-corrected chi connectivity index (χ3v) is 3.28. The SMILES string of the molecule is CNCCc1cn(Cc2cc(Cl)ccc2Cl)cn1. The van der Waals surface area contributed by atoms with Gasteiger partial charge < -0.3 is 9.88 Å². The standard InChI is InChI=1S/C13H15Cl2N3/c1-16-5-4-12-8-18(9-17-12)7-10-6-11(14)2-3-13(10)15/h2-3,6,8-9,16H,4-5,7H2,1H3. The van der Waals surface area contributed by atoms with E-state index in [1.54, 1.807) is 6.07 Å². The molecular weight excluding hydrogens is 269 g/mol. The number of likely N-dealkylation sites (N-methyl/N-ethyl adjacent to an activating group) is 1. The van der Waals surface area contributed by atoms with Gasteiger partial charge in [-0.2, -0.15) is 0 Å². The molecule has 1 aromatic carbocycles. The van der Waals surface area contributed by atoms with Crippen molar-refractivity contribution >= 4 is 23.2 Å². The van der Waals surface area contributed by atoms with Crippen LogP contribution in [0.4, 0.5) is 0 Å². The third kappa shape index (κ3) is 3.48. The first kappa shape index (κ1) is 13.4. The molecule has 0 unspecified atom stereocenters. The zero-order valence-electron chi connectivity index (χ0n) is 10.2. The van der Waals surface area contributed by atoms with Crippen LogP contribution in [-0.4, -0.2) is 23.1 Å². The van der Waals surface area contributed by atoms with Crippen molar-refractivity contribution in [1.82, 2.24) is 14.9 Å². The maximum absolute atomic E-state index is 6.13. The van der Waals surface area contributed by atoms with Crippen LogP contribution in [0.3, 0.4) is 0 Å². The van der Waals surface area contributed by atoms with Crippen LogP contribution >= 0.6 is 23.2 Å². The van der Waals surface area contributed by atoms with Gasteiger partial charge in [0.2, 0.25) is 0 Å². The molecule has 0 amide bonds. The number of aromatic nitrogens is 2. The topological polar surface area (TPSA) is 29.9 Å². The zero-order chi connectivity index (χ0) is 13.0. The second kappa shape index (κ2) is 6.23. The average molecular weight is 284 g/mol. The lowest BCUT2D eigenvalue weighted by Gasteiger charge is -2.05. The van der Waals surface area contributed by atoms with Crippen molar-refractivity contribution in [3.63, 3.8) is 0 Å². The predicted octanol–water partition coefficient (Wildman–Crippen LogP) is 3.00. The third-order valence-electron chi connectivity index (χ3n) is 2.68. The molecule has 2 aromatic rings. The van der Waals surface area contributed by atoms with Crippen molar-refractivity contribution in [3.05, 3.63) is 52.0 Å². The number of imidazole rings is 1. The minimum absolute atomic E-state index is 0.686. The van der Waals surface area contributed by atoms with E-state index in [1.165, 1.54) is 0 Å². The fourth-order valence-electron chi connectivity index (χ4n) is 1.74. The van der Waals surface area contributed by atoms with Gasteiger partial charge in [0.25, 0.3) is 0 Å². The molecule has 0 aliphatic carbocycles. The van der Waals surface area contributed by atoms with Crippen LogP contribution in [0.1, 0.15) is 11.3 Å². The largest absolute Gasteiger partial charge is 0.333 e. The summed E-state index contributed by atoms with van der Waals surface area (Å²) in [5.41, 5.74) is 2.07. The van der Waals surface area contributed by atoms with Crippen molar-refractivity contribution in [2.24, 2.45) is 0 Å². The predicted molar refractivity (Wildman–Crippen MR) is 75.4 cm³/mol. The van der Waals surface area contributed by atoms with Gasteiger partial charge in [-0.3, -0.25) is 0 Å². The Labute approximate surface area is 117 Å². The number of benzene rings is 1. The molecule has 0 spiro atoms. The van der Waals surface area contributed by atoms with Gasteiger partial charge in [0.05, 0.1) is 18.6 Å². The van der Waals surface area contributed by atoms with E-state index in [-0.39, 0.29) is 0 Å². The highest BCUT2D eigenvalue weighted by atomic mass is 35.5. The Morgan fingerprint density at radius 3 is 2.94 bits per heavy atom. The molecule has 18 heavy (non-hydrogen) atoms. The lowest BCUT2D eigenvalue weighted by Crippen LogP contribution is -2.10. The highest BCUT2D eigenvalue weighted by molar-refractivity contribution is 6.33. The summed E-state index contributed by atoms with van der Waals surface area (Å²) in [5, 5.41) is 4.53. The number of halogens is 2. The Balaban J connectivity index is 2.08. The second-order valence-corrected chi connectivity index (χ2v) is 4.97. The van der Waals surface area contributed by atoms with Crippen molar-refractivity contribution in [1.29, 1.82) is 0 Å². The molecule has 0 aliphatic heterocycles. The van der Waals surface area contributed by atoms with Gasteiger partial charge in [-0.1, -0.05) is 23.2 Å². The van der Waals surface area contributed by atoms with E-state index in [2.05, 4.69) is 10.3 Å². The average Bonchev–Trinajstić information content (AvgIpc) is 2.79. The highest BCUT2D eigenvalue weighted by Crippen LogP contribution is 2.21. The quantitative estimate of drug-likeness (QED) is 0.914. The molecule has 3 nitrogen and oxygen atoms in total. The lowest BCUT2D eigenvalue weighted by atomic mass is 10.2. The van der Waals surface area contributed by atoms with Crippen LogP contribution in [0.15, 0.2) is 30.7 Å². The number of hydrogen-bond acceptors (Lipinski definition) is 2. The second-order valence-electron chi connectivity index (χ2n) is 4.13. The molecule has 0 bridgehead atoms. The summed E-state index contributed by atoms with van der Waals surface area (Å²) in [5.74, 6) is 0. The van der Waals surface area contributed by atoms with Crippen LogP contribution in [0.5, 0.6) is 0 Å². The summed E-state index contributed by atoms with van der Waals surface area (Å²) >= 11 is 12.1. The molecule has 0 aliphatic rings. The molecule has 0 saturated carbocycles. The number of hydrogen-bond donors (Lipinski definition) is 1. The van der Waals surface area contributed by atoms with Gasteiger partial charge in [0, 0.05) is 29.2 Å². The summed E-state index contributed by atoms with van der Waals surface area (Å²) in [6.07, 6.45) is 4.78. The number of nitrogens with one attached hydrogen (secondary N) is 1. The van der Waals surface area contributed by atoms with E-state index in [0.717, 1.165) is 29.2 Å². The maximum atomic E-state index is 6.13. The van der Waals surface area contributed by atoms with Crippen LogP contribution in [0, 0.1) is 0 Å². The van der Waals surface area contributed by atoms with Crippen molar-refractivity contribution in [3.8, 4) is 0 Å². The molecule has 0 fully saturated rings. The molecule has 96 valence electrons. The lowest BCUT2D eigenvalue weighted by molar-refractivity contribution is 0.774. The Bertz CT molecular complexity index is 523. The van der Waals surface area contributed by atoms with Gasteiger partial charge in [0.1, 0.15) is 0 Å². The minimum atomic E-state index is 0.686. The number of rotatable bonds is 5. The van der Waals surface area contributed by atoms with Gasteiger partial charge in [0.15, 0.2) is 0 Å². The fourth-order valence-corrected chi connectivity index (χ4v) is 2.11. The highest BCUT2D eigenvalue weighted by Gasteiger charge is 2.04. The Kier molecular flexibility index (Phi) is 4.64. The normalized spacial score (nSPS) is 10.8. The molecule has 1 aromatic heterocycles. The first-order chi connectivity index (χ1) is 8.69. The molecule has 0 atom stereocenters. The van der Waals surface area contributed by atoms with Crippen molar-refractivity contribution < 1.29 is 0 Å². The van der Waals surface area contributed by atoms with E-state index in [4.69, 9.17) is 23.2 Å². The van der Waals surface area contributed by atoms with Crippen molar-refractivity contribution in [2.45, 2.75) is 13.0 Å². The maximum Gasteiger partial charge on any atom is 0.0952 e. The van der Waals surface area contributed by atoms with Crippen molar-refractivity contribution in [2.75, 3.05) is 13.6 Å². The Morgan fingerprint density at radius 1 is 1.33 bits per heavy atom. The van der Waals surface area contributed by atoms with Gasteiger partial charge >= 0.3 is 0 Å². The first-order valence-corrected chi connectivity index (χ1v) is 6.54. The summed E-state index contributed by atoms with van der Waals surface area (Å²) in [6.45, 7) is 1.61. The first-order valence-electron chi connectivity index (χ1n) is 5.78. The van der Waals surface area contributed by atoms with E-state index in [9.17, 15) is 0 Å². The van der Waals surface area contributed by atoms with Crippen LogP contribution < -0.4 is 5.32 Å². The molecule has 0 saturated heterocycles. The summed E-state index contributed by atoms with van der Waals surface area (Å²) in [4.78, 5) is 4.35. The Hall–Kier alpha value is -1.03. The van der Waals surface area contributed by atoms with E-state index >= 15 is 0 Å². The molecule has 5 heteroatoms. The fraction of sp³-hybridized carbons (Fsp3) is 0.308. The molecule has 1 N–H and O–H groups in total. The summed E-state index contributed by atoms with van der Waals surface area (Å²) in [6, 6.07) is 5.49. The minimum Gasteiger partial charge on any atom is -0.333 e. The smallest absolute Gasteiger partial charge is 0.0952 e. The van der Waals surface area contributed by atoms with Crippen LogP contribution in [0.2, 0.25) is 10.0 Å². The molecular formula is C13H15Cl2N3. The summed E-state index contributed by atoms with van der Waals surface area (Å²) < 4.78 is 2.02. The van der Waals surface area contributed by atoms with Gasteiger partial charge in [-0.05, 0) is 30.8 Å². The van der Waals surface area contributed by atoms with E-state index in [0.29, 0.717) is 11.6 Å². The number of nitrogens with zero attached hydrogens (tertiary/aromatic N) is 2. The van der Waals surface area contributed by atoms with Gasteiger partial charge in [-0.25, -0.2) is 4.98 Å². The Morgan fingerprint density at radius 2 is 2.17 bits per heavy atom. The van der Waals surface area contributed by atoms with Gasteiger partial charge in [-0.15, -0.1) is 0 Å². The molecule has 2 rings (SSSR count). The monoisotopic (exact) mass is 283 g/mol. The van der Waals surface area contributed by atoms with Crippen LogP contribution in [-0.2, 0) is 13.0 Å². The van der Waals surface area contributed by atoms with Crippen LogP contribution in [0.25, 0.3) is 0 Å². The molecule has 0 radical (unpaired) electrons. The molecule has 1 heterocycles. The summed E-state index contributed by atoms with van der Waals surface area (Å²) in [7, 11) is 1.93. The van der Waals surface area contributed by atoms with E-state index in [1.807, 2.05) is 36.3 Å². The zero-order valence-corrected chi connectivity index (χ0v) is 11.7. The van der Waals surface area contributed by atoms with E-state index < -0.39 is 0 Å².